The Labute approximate surface area is 189 Å². The van der Waals surface area contributed by atoms with E-state index in [4.69, 9.17) is 5.73 Å². The number of aromatic nitrogens is 2. The first kappa shape index (κ1) is 21.2. The van der Waals surface area contributed by atoms with Crippen molar-refractivity contribution in [2.45, 2.75) is 43.6 Å². The molecule has 2 fully saturated rings. The van der Waals surface area contributed by atoms with Crippen LogP contribution in [0.1, 0.15) is 48.2 Å². The molecule has 2 unspecified atom stereocenters. The van der Waals surface area contributed by atoms with Crippen molar-refractivity contribution in [3.63, 3.8) is 0 Å². The first-order valence-electron chi connectivity index (χ1n) is 11.9. The third-order valence-corrected chi connectivity index (χ3v) is 7.37. The number of nitrogens with one attached hydrogen (secondary N) is 1. The van der Waals surface area contributed by atoms with E-state index in [1.54, 1.807) is 6.20 Å². The van der Waals surface area contributed by atoms with Crippen LogP contribution in [0, 0.1) is 5.92 Å². The molecule has 1 aliphatic heterocycles. The molecule has 2 atom stereocenters. The van der Waals surface area contributed by atoms with E-state index < -0.39 is 0 Å². The van der Waals surface area contributed by atoms with Crippen LogP contribution in [0.15, 0.2) is 60.9 Å². The summed E-state index contributed by atoms with van der Waals surface area (Å²) in [5.41, 5.74) is 8.83. The summed E-state index contributed by atoms with van der Waals surface area (Å²) >= 11 is 0. The third-order valence-electron chi connectivity index (χ3n) is 7.37. The van der Waals surface area contributed by atoms with E-state index in [-0.39, 0.29) is 17.4 Å². The summed E-state index contributed by atoms with van der Waals surface area (Å²) in [6.07, 6.45) is 9.61. The number of carbonyl (C=O) groups is 1. The molecule has 1 aliphatic carbocycles. The second-order valence-corrected chi connectivity index (χ2v) is 9.68. The monoisotopic (exact) mass is 431 g/mol. The summed E-state index contributed by atoms with van der Waals surface area (Å²) in [6.45, 7) is 3.50. The standard InChI is InChI=1S/C26H33N5O/c27-22-12-14-30(17-22)19-26(16-20-6-4-7-20,21-8-2-1-3-9-21)18-29-25(32)23-10-5-11-24-28-13-15-31(23)24/h1-3,5,8-11,13,15,20,22H,4,6-7,12,14,16-19,27H2,(H,29,32). The zero-order chi connectivity index (χ0) is 22.0. The molecular formula is C26H33N5O. The lowest BCUT2D eigenvalue weighted by molar-refractivity contribution is 0.0916. The normalized spacial score (nSPS) is 21.3. The van der Waals surface area contributed by atoms with Gasteiger partial charge in [0.25, 0.3) is 5.91 Å². The maximum absolute atomic E-state index is 13.3. The average Bonchev–Trinajstić information content (AvgIpc) is 3.43. The number of nitrogens with two attached hydrogens (primary N) is 1. The molecule has 3 heterocycles. The van der Waals surface area contributed by atoms with E-state index in [9.17, 15) is 4.79 Å². The fourth-order valence-electron chi connectivity index (χ4n) is 5.45. The minimum Gasteiger partial charge on any atom is -0.350 e. The molecule has 0 radical (unpaired) electrons. The van der Waals surface area contributed by atoms with Gasteiger partial charge in [0, 0.05) is 43.5 Å². The second-order valence-electron chi connectivity index (χ2n) is 9.68. The highest BCUT2D eigenvalue weighted by atomic mass is 16.1. The minimum atomic E-state index is -0.130. The van der Waals surface area contributed by atoms with Gasteiger partial charge >= 0.3 is 0 Å². The molecule has 0 spiro atoms. The molecular weight excluding hydrogens is 398 g/mol. The zero-order valence-corrected chi connectivity index (χ0v) is 18.6. The lowest BCUT2D eigenvalue weighted by Gasteiger charge is -2.42. The molecule has 2 aliphatic rings. The Morgan fingerprint density at radius 3 is 2.69 bits per heavy atom. The van der Waals surface area contributed by atoms with Gasteiger partial charge in [0.15, 0.2) is 0 Å². The summed E-state index contributed by atoms with van der Waals surface area (Å²) in [5, 5.41) is 3.31. The summed E-state index contributed by atoms with van der Waals surface area (Å²) in [7, 11) is 0. The van der Waals surface area contributed by atoms with Gasteiger partial charge in [-0.05, 0) is 43.0 Å². The van der Waals surface area contributed by atoms with E-state index in [0.29, 0.717) is 12.2 Å². The number of pyridine rings is 1. The quantitative estimate of drug-likeness (QED) is 0.574. The van der Waals surface area contributed by atoms with Gasteiger partial charge in [-0.15, -0.1) is 0 Å². The van der Waals surface area contributed by atoms with Crippen LogP contribution in [-0.2, 0) is 5.41 Å². The van der Waals surface area contributed by atoms with Gasteiger partial charge in [0.05, 0.1) is 0 Å². The van der Waals surface area contributed by atoms with E-state index in [2.05, 4.69) is 45.5 Å². The van der Waals surface area contributed by atoms with Crippen molar-refractivity contribution in [2.75, 3.05) is 26.2 Å². The molecule has 1 aromatic carbocycles. The number of benzene rings is 1. The van der Waals surface area contributed by atoms with Crippen LogP contribution in [0.2, 0.25) is 0 Å². The zero-order valence-electron chi connectivity index (χ0n) is 18.6. The van der Waals surface area contributed by atoms with Crippen LogP contribution >= 0.6 is 0 Å². The van der Waals surface area contributed by atoms with Crippen molar-refractivity contribution < 1.29 is 4.79 Å². The number of amides is 1. The lowest BCUT2D eigenvalue weighted by Crippen LogP contribution is -2.50. The van der Waals surface area contributed by atoms with E-state index >= 15 is 0 Å². The predicted octanol–water partition coefficient (Wildman–Crippen LogP) is 3.23. The Morgan fingerprint density at radius 1 is 1.12 bits per heavy atom. The number of hydrogen-bond acceptors (Lipinski definition) is 4. The Bertz CT molecular complexity index is 1060. The number of rotatable bonds is 8. The van der Waals surface area contributed by atoms with Gasteiger partial charge in [-0.1, -0.05) is 55.7 Å². The molecule has 3 aromatic rings. The van der Waals surface area contributed by atoms with Gasteiger partial charge < -0.3 is 16.0 Å². The van der Waals surface area contributed by atoms with E-state index in [0.717, 1.165) is 44.0 Å². The molecule has 6 heteroatoms. The maximum atomic E-state index is 13.3. The topological polar surface area (TPSA) is 75.7 Å². The highest BCUT2D eigenvalue weighted by Crippen LogP contribution is 2.40. The largest absolute Gasteiger partial charge is 0.350 e. The molecule has 168 valence electrons. The molecule has 2 aromatic heterocycles. The number of likely N-dealkylation sites (tertiary alicyclic amines) is 1. The molecule has 1 amide bonds. The summed E-state index contributed by atoms with van der Waals surface area (Å²) in [4.78, 5) is 20.1. The minimum absolute atomic E-state index is 0.0550. The molecule has 1 saturated carbocycles. The first-order valence-corrected chi connectivity index (χ1v) is 11.9. The molecule has 3 N–H and O–H groups in total. The maximum Gasteiger partial charge on any atom is 0.268 e. The fourth-order valence-corrected chi connectivity index (χ4v) is 5.45. The number of carbonyl (C=O) groups excluding carboxylic acids is 1. The van der Waals surface area contributed by atoms with Crippen molar-refractivity contribution in [1.82, 2.24) is 19.6 Å². The summed E-state index contributed by atoms with van der Waals surface area (Å²) in [5.74, 6) is 0.668. The third kappa shape index (κ3) is 4.30. The van der Waals surface area contributed by atoms with Crippen molar-refractivity contribution in [3.05, 3.63) is 72.2 Å². The molecule has 5 rings (SSSR count). The van der Waals surface area contributed by atoms with Gasteiger partial charge in [0.2, 0.25) is 0 Å². The van der Waals surface area contributed by atoms with E-state index in [1.807, 2.05) is 28.8 Å². The number of fused-ring (bicyclic) bond motifs is 1. The van der Waals surface area contributed by atoms with Gasteiger partial charge in [-0.3, -0.25) is 9.20 Å². The average molecular weight is 432 g/mol. The Morgan fingerprint density at radius 2 is 1.97 bits per heavy atom. The summed E-state index contributed by atoms with van der Waals surface area (Å²) < 4.78 is 1.85. The number of hydrogen-bond donors (Lipinski definition) is 2. The first-order chi connectivity index (χ1) is 15.6. The van der Waals surface area contributed by atoms with E-state index in [1.165, 1.54) is 24.8 Å². The highest BCUT2D eigenvalue weighted by Gasteiger charge is 2.39. The molecule has 6 nitrogen and oxygen atoms in total. The van der Waals surface area contributed by atoms with Crippen LogP contribution in [0.3, 0.4) is 0 Å². The molecule has 0 bridgehead atoms. The summed E-state index contributed by atoms with van der Waals surface area (Å²) in [6, 6.07) is 16.7. The van der Waals surface area contributed by atoms with Gasteiger partial charge in [0.1, 0.15) is 11.3 Å². The van der Waals surface area contributed by atoms with Crippen molar-refractivity contribution in [1.29, 1.82) is 0 Å². The van der Waals surface area contributed by atoms with Crippen molar-refractivity contribution in [3.8, 4) is 0 Å². The van der Waals surface area contributed by atoms with Gasteiger partial charge in [-0.25, -0.2) is 4.98 Å². The van der Waals surface area contributed by atoms with Crippen molar-refractivity contribution >= 4 is 11.6 Å². The Hall–Kier alpha value is -2.70. The lowest BCUT2D eigenvalue weighted by atomic mass is 9.68. The molecule has 32 heavy (non-hydrogen) atoms. The van der Waals surface area contributed by atoms with Crippen molar-refractivity contribution in [2.24, 2.45) is 11.7 Å². The number of nitrogens with zero attached hydrogens (tertiary/aromatic N) is 3. The van der Waals surface area contributed by atoms with Crippen LogP contribution in [0.5, 0.6) is 0 Å². The fraction of sp³-hybridized carbons (Fsp3) is 0.462. The Kier molecular flexibility index (Phi) is 5.98. The van der Waals surface area contributed by atoms with Crippen LogP contribution in [-0.4, -0.2) is 52.4 Å². The van der Waals surface area contributed by atoms with Crippen LogP contribution < -0.4 is 11.1 Å². The highest BCUT2D eigenvalue weighted by molar-refractivity contribution is 5.93. The SMILES string of the molecule is NC1CCN(CC(CNC(=O)c2cccc3nccn23)(CC2CCC2)c2ccccc2)C1. The van der Waals surface area contributed by atoms with Gasteiger partial charge in [-0.2, -0.15) is 0 Å². The van der Waals surface area contributed by atoms with Crippen LogP contribution in [0.25, 0.3) is 5.65 Å². The Balaban J connectivity index is 1.43. The number of imidazole rings is 1. The van der Waals surface area contributed by atoms with Crippen LogP contribution in [0.4, 0.5) is 0 Å². The molecule has 1 saturated heterocycles. The smallest absolute Gasteiger partial charge is 0.268 e. The second kappa shape index (κ2) is 9.04. The predicted molar refractivity (Wildman–Crippen MR) is 127 cm³/mol.